The van der Waals surface area contributed by atoms with Gasteiger partial charge in [0.2, 0.25) is 0 Å². The summed E-state index contributed by atoms with van der Waals surface area (Å²) in [6, 6.07) is 13.7. The lowest BCUT2D eigenvalue weighted by Crippen LogP contribution is -2.48. The van der Waals surface area contributed by atoms with Crippen molar-refractivity contribution in [1.82, 2.24) is 9.88 Å². The molecule has 0 spiro atoms. The first-order chi connectivity index (χ1) is 11.3. The molecular weight excluding hydrogens is 290 g/mol. The van der Waals surface area contributed by atoms with Crippen LogP contribution in [0.1, 0.15) is 10.6 Å². The molecule has 1 aromatic carbocycles. The van der Waals surface area contributed by atoms with Crippen molar-refractivity contribution in [2.24, 2.45) is 0 Å². The van der Waals surface area contributed by atoms with Gasteiger partial charge >= 0.3 is 0 Å². The Balaban J connectivity index is 1.47. The molecule has 1 aliphatic rings. The fourth-order valence-corrected chi connectivity index (χ4v) is 2.96. The summed E-state index contributed by atoms with van der Waals surface area (Å²) in [6.07, 6.45) is 3.44. The number of fused-ring (bicyclic) bond motifs is 1. The Bertz CT molecular complexity index is 821. The molecule has 0 radical (unpaired) electrons. The lowest BCUT2D eigenvalue weighted by molar-refractivity contribution is 0.0714. The lowest BCUT2D eigenvalue weighted by atomic mass is 10.2. The lowest BCUT2D eigenvalue weighted by Gasteiger charge is -2.35. The summed E-state index contributed by atoms with van der Waals surface area (Å²) in [7, 11) is 0. The largest absolute Gasteiger partial charge is 0.459 e. The van der Waals surface area contributed by atoms with Crippen molar-refractivity contribution in [3.8, 4) is 0 Å². The second-order valence-electron chi connectivity index (χ2n) is 5.64. The van der Waals surface area contributed by atoms with Gasteiger partial charge in [0, 0.05) is 31.6 Å². The predicted octanol–water partition coefficient (Wildman–Crippen LogP) is 2.79. The van der Waals surface area contributed by atoms with E-state index in [1.807, 2.05) is 29.3 Å². The van der Waals surface area contributed by atoms with Crippen LogP contribution in [-0.2, 0) is 0 Å². The van der Waals surface area contributed by atoms with Crippen LogP contribution in [0.5, 0.6) is 0 Å². The second kappa shape index (κ2) is 5.76. The predicted molar refractivity (Wildman–Crippen MR) is 88.6 cm³/mol. The van der Waals surface area contributed by atoms with Gasteiger partial charge in [0.05, 0.1) is 23.7 Å². The minimum atomic E-state index is -0.0358. The van der Waals surface area contributed by atoms with Crippen molar-refractivity contribution in [2.75, 3.05) is 31.1 Å². The van der Waals surface area contributed by atoms with E-state index in [1.54, 1.807) is 12.1 Å². The summed E-state index contributed by atoms with van der Waals surface area (Å²) in [5.41, 5.74) is 2.11. The highest BCUT2D eigenvalue weighted by atomic mass is 16.3. The van der Waals surface area contributed by atoms with E-state index in [4.69, 9.17) is 4.42 Å². The van der Waals surface area contributed by atoms with Gasteiger partial charge in [0.25, 0.3) is 5.91 Å². The third-order valence-corrected chi connectivity index (χ3v) is 4.24. The molecule has 0 aliphatic carbocycles. The van der Waals surface area contributed by atoms with Crippen LogP contribution in [-0.4, -0.2) is 42.0 Å². The maximum atomic E-state index is 12.3. The molecule has 3 aromatic rings. The average molecular weight is 307 g/mol. The van der Waals surface area contributed by atoms with E-state index in [2.05, 4.69) is 22.0 Å². The highest BCUT2D eigenvalue weighted by Gasteiger charge is 2.23. The molecule has 5 nitrogen and oxygen atoms in total. The Kier molecular flexibility index (Phi) is 3.46. The van der Waals surface area contributed by atoms with Crippen LogP contribution in [0.2, 0.25) is 0 Å². The summed E-state index contributed by atoms with van der Waals surface area (Å²) < 4.78 is 5.19. The first-order valence-corrected chi connectivity index (χ1v) is 7.74. The van der Waals surface area contributed by atoms with Crippen LogP contribution in [0.25, 0.3) is 10.9 Å². The highest BCUT2D eigenvalue weighted by molar-refractivity contribution is 5.91. The molecule has 1 saturated heterocycles. The topological polar surface area (TPSA) is 49.6 Å². The van der Waals surface area contributed by atoms with Crippen LogP contribution in [0.3, 0.4) is 0 Å². The molecule has 4 rings (SSSR count). The molecule has 3 heterocycles. The zero-order valence-electron chi connectivity index (χ0n) is 12.7. The molecule has 23 heavy (non-hydrogen) atoms. The number of para-hydroxylation sites is 1. The highest BCUT2D eigenvalue weighted by Crippen LogP contribution is 2.21. The van der Waals surface area contributed by atoms with Crippen molar-refractivity contribution in [3.63, 3.8) is 0 Å². The van der Waals surface area contributed by atoms with Crippen molar-refractivity contribution >= 4 is 22.5 Å². The molecule has 1 aliphatic heterocycles. The van der Waals surface area contributed by atoms with E-state index in [0.717, 1.165) is 29.7 Å². The Morgan fingerprint density at radius 1 is 1.04 bits per heavy atom. The van der Waals surface area contributed by atoms with Gasteiger partial charge in [-0.25, -0.2) is 0 Å². The molecule has 0 atom stereocenters. The number of piperazine rings is 1. The molecule has 0 saturated carbocycles. The maximum Gasteiger partial charge on any atom is 0.289 e. The number of carbonyl (C=O) groups excluding carboxylic acids is 1. The second-order valence-corrected chi connectivity index (χ2v) is 5.64. The van der Waals surface area contributed by atoms with E-state index < -0.39 is 0 Å². The molecule has 0 N–H and O–H groups in total. The Labute approximate surface area is 134 Å². The van der Waals surface area contributed by atoms with Crippen LogP contribution in [0.15, 0.2) is 59.3 Å². The van der Waals surface area contributed by atoms with Gasteiger partial charge in [-0.3, -0.25) is 9.78 Å². The number of rotatable bonds is 2. The first kappa shape index (κ1) is 13.8. The molecule has 1 fully saturated rings. The number of furan rings is 1. The fraction of sp³-hybridized carbons (Fsp3) is 0.222. The van der Waals surface area contributed by atoms with Crippen molar-refractivity contribution in [2.45, 2.75) is 0 Å². The Morgan fingerprint density at radius 2 is 1.87 bits per heavy atom. The quantitative estimate of drug-likeness (QED) is 0.730. The van der Waals surface area contributed by atoms with Crippen LogP contribution >= 0.6 is 0 Å². The van der Waals surface area contributed by atoms with E-state index in [1.165, 1.54) is 6.26 Å². The van der Waals surface area contributed by atoms with Gasteiger partial charge in [0.1, 0.15) is 0 Å². The average Bonchev–Trinajstić information content (AvgIpc) is 3.15. The van der Waals surface area contributed by atoms with Crippen molar-refractivity contribution < 1.29 is 9.21 Å². The number of hydrogen-bond acceptors (Lipinski definition) is 4. The SMILES string of the molecule is O=C(c1ccco1)N1CCN(c2cnc3ccccc3c2)CC1. The maximum absolute atomic E-state index is 12.3. The van der Waals surface area contributed by atoms with Crippen molar-refractivity contribution in [3.05, 3.63) is 60.7 Å². The minimum Gasteiger partial charge on any atom is -0.459 e. The summed E-state index contributed by atoms with van der Waals surface area (Å²) in [4.78, 5) is 20.9. The normalized spacial score (nSPS) is 15.1. The summed E-state index contributed by atoms with van der Waals surface area (Å²) in [5, 5.41) is 1.14. The number of benzene rings is 1. The smallest absolute Gasteiger partial charge is 0.289 e. The third-order valence-electron chi connectivity index (χ3n) is 4.24. The zero-order valence-corrected chi connectivity index (χ0v) is 12.7. The number of aromatic nitrogens is 1. The number of hydrogen-bond donors (Lipinski definition) is 0. The number of amides is 1. The van der Waals surface area contributed by atoms with E-state index >= 15 is 0 Å². The first-order valence-electron chi connectivity index (χ1n) is 7.74. The number of anilines is 1. The number of pyridine rings is 1. The van der Waals surface area contributed by atoms with Gasteiger partial charge in [-0.15, -0.1) is 0 Å². The molecule has 2 aromatic heterocycles. The monoisotopic (exact) mass is 307 g/mol. The molecule has 116 valence electrons. The molecular formula is C18H17N3O2. The molecule has 1 amide bonds. The molecule has 0 unspecified atom stereocenters. The number of carbonyl (C=O) groups is 1. The summed E-state index contributed by atoms with van der Waals surface area (Å²) in [6.45, 7) is 2.97. The molecule has 0 bridgehead atoms. The van der Waals surface area contributed by atoms with Gasteiger partial charge < -0.3 is 14.2 Å². The van der Waals surface area contributed by atoms with Gasteiger partial charge in [-0.2, -0.15) is 0 Å². The molecule has 5 heteroatoms. The van der Waals surface area contributed by atoms with E-state index in [9.17, 15) is 4.79 Å². The van der Waals surface area contributed by atoms with Gasteiger partial charge in [0.15, 0.2) is 5.76 Å². The van der Waals surface area contributed by atoms with Crippen LogP contribution in [0.4, 0.5) is 5.69 Å². The number of nitrogens with zero attached hydrogens (tertiary/aromatic N) is 3. The van der Waals surface area contributed by atoms with Gasteiger partial charge in [-0.05, 0) is 24.3 Å². The van der Waals surface area contributed by atoms with Crippen molar-refractivity contribution in [1.29, 1.82) is 0 Å². The summed E-state index contributed by atoms with van der Waals surface area (Å²) in [5.74, 6) is 0.372. The fourth-order valence-electron chi connectivity index (χ4n) is 2.96. The zero-order chi connectivity index (χ0) is 15.6. The van der Waals surface area contributed by atoms with Crippen LogP contribution < -0.4 is 4.90 Å². The minimum absolute atomic E-state index is 0.0358. The summed E-state index contributed by atoms with van der Waals surface area (Å²) >= 11 is 0. The standard InChI is InChI=1S/C18H17N3O2/c22-18(17-6-3-11-23-17)21-9-7-20(8-10-21)15-12-14-4-1-2-5-16(14)19-13-15/h1-6,11-13H,7-10H2. The third kappa shape index (κ3) is 2.65. The Morgan fingerprint density at radius 3 is 2.65 bits per heavy atom. The van der Waals surface area contributed by atoms with Gasteiger partial charge in [-0.1, -0.05) is 18.2 Å². The Hall–Kier alpha value is -2.82. The van der Waals surface area contributed by atoms with E-state index in [-0.39, 0.29) is 5.91 Å². The van der Waals surface area contributed by atoms with E-state index in [0.29, 0.717) is 18.8 Å². The van der Waals surface area contributed by atoms with Crippen LogP contribution in [0, 0.1) is 0 Å².